The third-order valence-corrected chi connectivity index (χ3v) is 2.83. The van der Waals surface area contributed by atoms with Gasteiger partial charge < -0.3 is 15.8 Å². The zero-order valence-electron chi connectivity index (χ0n) is 9.53. The second kappa shape index (κ2) is 6.56. The van der Waals surface area contributed by atoms with Crippen molar-refractivity contribution in [3.63, 3.8) is 0 Å². The summed E-state index contributed by atoms with van der Waals surface area (Å²) >= 11 is 3.21. The van der Waals surface area contributed by atoms with Gasteiger partial charge in [-0.25, -0.2) is 4.39 Å². The van der Waals surface area contributed by atoms with E-state index >= 15 is 0 Å². The largest absolute Gasteiger partial charge is 0.409 e. The SMILES string of the molecule is CN(CC/C(N)=N/O)Cc1ccc(Br)cc1F. The van der Waals surface area contributed by atoms with Gasteiger partial charge in [0.25, 0.3) is 0 Å². The summed E-state index contributed by atoms with van der Waals surface area (Å²) in [5.74, 6) is -0.0665. The third-order valence-electron chi connectivity index (χ3n) is 2.33. The Morgan fingerprint density at radius 3 is 2.88 bits per heavy atom. The van der Waals surface area contributed by atoms with Crippen molar-refractivity contribution < 1.29 is 9.60 Å². The maximum Gasteiger partial charge on any atom is 0.140 e. The first-order valence-corrected chi connectivity index (χ1v) is 5.91. The lowest BCUT2D eigenvalue weighted by Crippen LogP contribution is -2.24. The van der Waals surface area contributed by atoms with Crippen LogP contribution in [0.4, 0.5) is 4.39 Å². The number of nitrogens with two attached hydrogens (primary N) is 1. The topological polar surface area (TPSA) is 61.8 Å². The minimum absolute atomic E-state index is 0.174. The van der Waals surface area contributed by atoms with Gasteiger partial charge in [-0.05, 0) is 19.2 Å². The highest BCUT2D eigenvalue weighted by atomic mass is 79.9. The summed E-state index contributed by atoms with van der Waals surface area (Å²) in [6.07, 6.45) is 0.450. The number of hydrogen-bond acceptors (Lipinski definition) is 3. The minimum atomic E-state index is -0.241. The van der Waals surface area contributed by atoms with Crippen molar-refractivity contribution in [2.45, 2.75) is 13.0 Å². The first-order chi connectivity index (χ1) is 8.02. The molecule has 0 radical (unpaired) electrons. The van der Waals surface area contributed by atoms with Crippen LogP contribution in [0.5, 0.6) is 0 Å². The van der Waals surface area contributed by atoms with Gasteiger partial charge >= 0.3 is 0 Å². The molecule has 0 atom stereocenters. The van der Waals surface area contributed by atoms with E-state index in [0.29, 0.717) is 25.1 Å². The molecule has 17 heavy (non-hydrogen) atoms. The summed E-state index contributed by atoms with van der Waals surface area (Å²) in [5, 5.41) is 11.3. The molecule has 94 valence electrons. The Kier molecular flexibility index (Phi) is 5.37. The van der Waals surface area contributed by atoms with E-state index in [0.717, 1.165) is 4.47 Å². The Morgan fingerprint density at radius 1 is 1.59 bits per heavy atom. The van der Waals surface area contributed by atoms with E-state index in [1.165, 1.54) is 6.07 Å². The van der Waals surface area contributed by atoms with E-state index in [1.54, 1.807) is 12.1 Å². The zero-order chi connectivity index (χ0) is 12.8. The van der Waals surface area contributed by atoms with Gasteiger partial charge in [-0.15, -0.1) is 0 Å². The van der Waals surface area contributed by atoms with E-state index in [9.17, 15) is 4.39 Å². The number of nitrogens with zero attached hydrogens (tertiary/aromatic N) is 2. The van der Waals surface area contributed by atoms with Gasteiger partial charge in [0.2, 0.25) is 0 Å². The molecule has 6 heteroatoms. The van der Waals surface area contributed by atoms with Crippen LogP contribution in [-0.4, -0.2) is 29.5 Å². The summed E-state index contributed by atoms with van der Waals surface area (Å²) in [6, 6.07) is 4.97. The fraction of sp³-hybridized carbons (Fsp3) is 0.364. The molecular weight excluding hydrogens is 289 g/mol. The van der Waals surface area contributed by atoms with Crippen molar-refractivity contribution in [3.05, 3.63) is 34.1 Å². The maximum absolute atomic E-state index is 13.5. The van der Waals surface area contributed by atoms with E-state index in [1.807, 2.05) is 11.9 Å². The van der Waals surface area contributed by atoms with E-state index in [4.69, 9.17) is 10.9 Å². The van der Waals surface area contributed by atoms with E-state index in [-0.39, 0.29) is 11.7 Å². The van der Waals surface area contributed by atoms with Gasteiger partial charge in [0.15, 0.2) is 0 Å². The minimum Gasteiger partial charge on any atom is -0.409 e. The molecule has 0 aliphatic heterocycles. The summed E-state index contributed by atoms with van der Waals surface area (Å²) in [5.41, 5.74) is 5.98. The van der Waals surface area contributed by atoms with E-state index in [2.05, 4.69) is 21.1 Å². The molecule has 0 spiro atoms. The Hall–Kier alpha value is -1.14. The Bertz CT molecular complexity index is 412. The van der Waals surface area contributed by atoms with Gasteiger partial charge in [0.1, 0.15) is 11.7 Å². The van der Waals surface area contributed by atoms with Gasteiger partial charge in [-0.2, -0.15) is 0 Å². The molecule has 1 aromatic rings. The number of benzene rings is 1. The molecule has 0 unspecified atom stereocenters. The quantitative estimate of drug-likeness (QED) is 0.379. The lowest BCUT2D eigenvalue weighted by molar-refractivity contribution is 0.308. The summed E-state index contributed by atoms with van der Waals surface area (Å²) < 4.78 is 14.3. The number of rotatable bonds is 5. The molecule has 1 aromatic carbocycles. The molecule has 1 rings (SSSR count). The van der Waals surface area contributed by atoms with Gasteiger partial charge in [-0.3, -0.25) is 0 Å². The predicted molar refractivity (Wildman–Crippen MR) is 68.5 cm³/mol. The smallest absolute Gasteiger partial charge is 0.140 e. The van der Waals surface area contributed by atoms with Crippen molar-refractivity contribution in [1.29, 1.82) is 0 Å². The molecule has 0 bridgehead atoms. The number of amidine groups is 1. The van der Waals surface area contributed by atoms with Gasteiger partial charge in [0, 0.05) is 29.5 Å². The average molecular weight is 304 g/mol. The predicted octanol–water partition coefficient (Wildman–Crippen LogP) is 2.16. The Morgan fingerprint density at radius 2 is 2.29 bits per heavy atom. The first kappa shape index (κ1) is 13.9. The fourth-order valence-electron chi connectivity index (χ4n) is 1.38. The van der Waals surface area contributed by atoms with Crippen LogP contribution in [0.3, 0.4) is 0 Å². The van der Waals surface area contributed by atoms with Crippen molar-refractivity contribution in [1.82, 2.24) is 4.90 Å². The highest BCUT2D eigenvalue weighted by Gasteiger charge is 2.06. The van der Waals surface area contributed by atoms with Crippen LogP contribution < -0.4 is 5.73 Å². The monoisotopic (exact) mass is 303 g/mol. The first-order valence-electron chi connectivity index (χ1n) is 5.12. The van der Waals surface area contributed by atoms with Gasteiger partial charge in [-0.1, -0.05) is 27.2 Å². The zero-order valence-corrected chi connectivity index (χ0v) is 11.1. The van der Waals surface area contributed by atoms with Crippen LogP contribution >= 0.6 is 15.9 Å². The molecule has 3 N–H and O–H groups in total. The van der Waals surface area contributed by atoms with Crippen molar-refractivity contribution in [2.24, 2.45) is 10.9 Å². The summed E-state index contributed by atoms with van der Waals surface area (Å²) in [7, 11) is 1.85. The normalized spacial score (nSPS) is 12.1. The fourth-order valence-corrected chi connectivity index (χ4v) is 1.71. The third kappa shape index (κ3) is 4.70. The van der Waals surface area contributed by atoms with Crippen molar-refractivity contribution in [3.8, 4) is 0 Å². The maximum atomic E-state index is 13.5. The molecule has 0 saturated heterocycles. The molecule has 0 amide bonds. The molecule has 0 aromatic heterocycles. The molecule has 0 fully saturated rings. The van der Waals surface area contributed by atoms with E-state index < -0.39 is 0 Å². The van der Waals surface area contributed by atoms with Crippen molar-refractivity contribution in [2.75, 3.05) is 13.6 Å². The number of hydrogen-bond donors (Lipinski definition) is 2. The molecule has 4 nitrogen and oxygen atoms in total. The standard InChI is InChI=1S/C11H15BrFN3O/c1-16(5-4-11(14)15-17)7-8-2-3-9(12)6-10(8)13/h2-3,6,17H,4-5,7H2,1H3,(H2,14,15). The van der Waals surface area contributed by atoms with Gasteiger partial charge in [0.05, 0.1) is 0 Å². The second-order valence-electron chi connectivity index (χ2n) is 3.81. The van der Waals surface area contributed by atoms with Crippen LogP contribution in [0.2, 0.25) is 0 Å². The Balaban J connectivity index is 2.53. The summed E-state index contributed by atoms with van der Waals surface area (Å²) in [6.45, 7) is 1.09. The Labute approximate surface area is 108 Å². The second-order valence-corrected chi connectivity index (χ2v) is 4.73. The number of oxime groups is 1. The highest BCUT2D eigenvalue weighted by molar-refractivity contribution is 9.10. The van der Waals surface area contributed by atoms with Crippen LogP contribution in [0.25, 0.3) is 0 Å². The lowest BCUT2D eigenvalue weighted by atomic mass is 10.2. The molecule has 0 heterocycles. The molecule has 0 saturated carbocycles. The van der Waals surface area contributed by atoms with Crippen LogP contribution in [0, 0.1) is 5.82 Å². The van der Waals surface area contributed by atoms with Crippen LogP contribution in [-0.2, 0) is 6.54 Å². The number of halogens is 2. The molecular formula is C11H15BrFN3O. The van der Waals surface area contributed by atoms with Crippen LogP contribution in [0.15, 0.2) is 27.8 Å². The molecule has 0 aliphatic carbocycles. The highest BCUT2D eigenvalue weighted by Crippen LogP contribution is 2.16. The van der Waals surface area contributed by atoms with Crippen molar-refractivity contribution >= 4 is 21.8 Å². The van der Waals surface area contributed by atoms with Crippen LogP contribution in [0.1, 0.15) is 12.0 Å². The lowest BCUT2D eigenvalue weighted by Gasteiger charge is -2.16. The molecule has 0 aliphatic rings. The summed E-state index contributed by atoms with van der Waals surface area (Å²) in [4.78, 5) is 1.91. The average Bonchev–Trinajstić information content (AvgIpc) is 2.29.